The first-order chi connectivity index (χ1) is 11.9. The maximum absolute atomic E-state index is 12.8. The van der Waals surface area contributed by atoms with Gasteiger partial charge >= 0.3 is 6.03 Å². The van der Waals surface area contributed by atoms with Gasteiger partial charge in [0.15, 0.2) is 0 Å². The first-order valence-corrected chi connectivity index (χ1v) is 8.83. The number of imide groups is 2. The molecule has 1 fully saturated rings. The molecule has 0 radical (unpaired) electrons. The van der Waals surface area contributed by atoms with Crippen molar-refractivity contribution in [2.24, 2.45) is 0 Å². The highest BCUT2D eigenvalue weighted by molar-refractivity contribution is 14.1. The summed E-state index contributed by atoms with van der Waals surface area (Å²) >= 11 is 14.2. The van der Waals surface area contributed by atoms with Gasteiger partial charge in [0, 0.05) is 3.57 Å². The van der Waals surface area contributed by atoms with Crippen LogP contribution in [0, 0.1) is 3.57 Å². The Morgan fingerprint density at radius 1 is 1.00 bits per heavy atom. The highest BCUT2D eigenvalue weighted by Gasteiger charge is 2.38. The Hall–Kier alpha value is -1.90. The van der Waals surface area contributed by atoms with Gasteiger partial charge in [-0.1, -0.05) is 47.5 Å². The van der Waals surface area contributed by atoms with Crippen molar-refractivity contribution < 1.29 is 14.4 Å². The first kappa shape index (κ1) is 17.9. The molecule has 2 aromatic rings. The van der Waals surface area contributed by atoms with Gasteiger partial charge in [0.05, 0.1) is 15.7 Å². The van der Waals surface area contributed by atoms with Crippen molar-refractivity contribution in [3.8, 4) is 0 Å². The zero-order valence-electron chi connectivity index (χ0n) is 12.4. The van der Waals surface area contributed by atoms with Gasteiger partial charge in [-0.25, -0.2) is 9.69 Å². The number of hydrogen-bond donors (Lipinski definition) is 1. The predicted octanol–water partition coefficient (Wildman–Crippen LogP) is 4.26. The molecule has 0 saturated carbocycles. The third kappa shape index (κ3) is 3.42. The van der Waals surface area contributed by atoms with E-state index in [9.17, 15) is 14.4 Å². The molecular weight excluding hydrogens is 478 g/mol. The van der Waals surface area contributed by atoms with Gasteiger partial charge in [0.25, 0.3) is 11.8 Å². The number of barbiturate groups is 1. The summed E-state index contributed by atoms with van der Waals surface area (Å²) in [5, 5.41) is 2.40. The molecule has 1 N–H and O–H groups in total. The molecule has 1 saturated heterocycles. The van der Waals surface area contributed by atoms with E-state index in [0.29, 0.717) is 5.56 Å². The smallest absolute Gasteiger partial charge is 0.273 e. The monoisotopic (exact) mass is 486 g/mol. The number of nitrogens with one attached hydrogen (secondary N) is 1. The van der Waals surface area contributed by atoms with Crippen LogP contribution >= 0.6 is 45.8 Å². The molecule has 126 valence electrons. The van der Waals surface area contributed by atoms with Crippen LogP contribution in [0.5, 0.6) is 0 Å². The van der Waals surface area contributed by atoms with Crippen molar-refractivity contribution in [1.82, 2.24) is 5.32 Å². The molecule has 0 spiro atoms. The van der Waals surface area contributed by atoms with E-state index in [-0.39, 0.29) is 21.3 Å². The van der Waals surface area contributed by atoms with Crippen LogP contribution in [0.4, 0.5) is 10.5 Å². The Kier molecular flexibility index (Phi) is 5.12. The fourth-order valence-electron chi connectivity index (χ4n) is 2.29. The second-order valence-corrected chi connectivity index (χ2v) is 7.00. The minimum Gasteiger partial charge on any atom is -0.273 e. The second kappa shape index (κ2) is 7.15. The van der Waals surface area contributed by atoms with Crippen LogP contribution in [0.2, 0.25) is 10.0 Å². The van der Waals surface area contributed by atoms with Gasteiger partial charge in [-0.15, -0.1) is 0 Å². The molecule has 25 heavy (non-hydrogen) atoms. The number of halogens is 3. The van der Waals surface area contributed by atoms with Crippen LogP contribution in [0.3, 0.4) is 0 Å². The van der Waals surface area contributed by atoms with Crippen molar-refractivity contribution in [1.29, 1.82) is 0 Å². The second-order valence-electron chi connectivity index (χ2n) is 5.05. The summed E-state index contributed by atoms with van der Waals surface area (Å²) in [5.74, 6) is -1.53. The number of anilines is 1. The Morgan fingerprint density at radius 3 is 2.44 bits per heavy atom. The topological polar surface area (TPSA) is 66.5 Å². The van der Waals surface area contributed by atoms with Gasteiger partial charge < -0.3 is 0 Å². The highest BCUT2D eigenvalue weighted by atomic mass is 127. The van der Waals surface area contributed by atoms with Gasteiger partial charge in [0.1, 0.15) is 5.57 Å². The zero-order valence-corrected chi connectivity index (χ0v) is 16.1. The third-order valence-electron chi connectivity index (χ3n) is 3.48. The van der Waals surface area contributed by atoms with Crippen molar-refractivity contribution in [3.05, 3.63) is 67.2 Å². The van der Waals surface area contributed by atoms with E-state index >= 15 is 0 Å². The number of carbonyl (C=O) groups is 3. The van der Waals surface area contributed by atoms with Crippen LogP contribution in [0.15, 0.2) is 48.0 Å². The minimum absolute atomic E-state index is 0.0515. The summed E-state index contributed by atoms with van der Waals surface area (Å²) in [7, 11) is 0. The van der Waals surface area contributed by atoms with E-state index in [1.807, 2.05) is 12.1 Å². The van der Waals surface area contributed by atoms with Crippen LogP contribution in [-0.4, -0.2) is 17.8 Å². The maximum atomic E-state index is 12.8. The van der Waals surface area contributed by atoms with Crippen LogP contribution in [0.25, 0.3) is 6.08 Å². The lowest BCUT2D eigenvalue weighted by Gasteiger charge is -2.27. The summed E-state index contributed by atoms with van der Waals surface area (Å²) in [6, 6.07) is 10.9. The lowest BCUT2D eigenvalue weighted by molar-refractivity contribution is -0.122. The van der Waals surface area contributed by atoms with Crippen LogP contribution in [0.1, 0.15) is 5.56 Å². The fourth-order valence-corrected chi connectivity index (χ4v) is 3.21. The largest absolute Gasteiger partial charge is 0.336 e. The van der Waals surface area contributed by atoms with E-state index < -0.39 is 17.8 Å². The average Bonchev–Trinajstić information content (AvgIpc) is 2.56. The summed E-state index contributed by atoms with van der Waals surface area (Å²) in [6.45, 7) is 0. The lowest BCUT2D eigenvalue weighted by Crippen LogP contribution is -2.54. The minimum atomic E-state index is -0.876. The average molecular weight is 487 g/mol. The molecule has 1 aliphatic rings. The summed E-state index contributed by atoms with van der Waals surface area (Å²) in [4.78, 5) is 37.9. The van der Waals surface area contributed by atoms with E-state index in [0.717, 1.165) is 8.47 Å². The number of amides is 4. The van der Waals surface area contributed by atoms with Crippen LogP contribution in [-0.2, 0) is 9.59 Å². The molecule has 0 unspecified atom stereocenters. The number of carbonyl (C=O) groups excluding carboxylic acids is 3. The molecular formula is C17H9Cl2IN2O3. The number of urea groups is 1. The molecule has 8 heteroatoms. The maximum Gasteiger partial charge on any atom is 0.336 e. The summed E-state index contributed by atoms with van der Waals surface area (Å²) in [6.07, 6.45) is 1.44. The first-order valence-electron chi connectivity index (χ1n) is 7.00. The standard InChI is InChI=1S/C17H9Cl2IN2O3/c18-11-5-3-7-13(14(11)19)22-16(24)10(15(23)21-17(22)25)8-9-4-1-2-6-12(9)20/h1-8H,(H,21,23,25)/b10-8+. The number of benzene rings is 2. The Balaban J connectivity index is 2.09. The third-order valence-corrected chi connectivity index (χ3v) is 5.27. The Labute approximate surface area is 166 Å². The molecule has 3 rings (SSSR count). The molecule has 0 atom stereocenters. The predicted molar refractivity (Wildman–Crippen MR) is 105 cm³/mol. The molecule has 5 nitrogen and oxygen atoms in total. The number of rotatable bonds is 2. The lowest BCUT2D eigenvalue weighted by atomic mass is 10.1. The molecule has 0 bridgehead atoms. The molecule has 2 aromatic carbocycles. The van der Waals surface area contributed by atoms with Gasteiger partial charge in [-0.05, 0) is 52.4 Å². The fraction of sp³-hybridized carbons (Fsp3) is 0. The van der Waals surface area contributed by atoms with Crippen molar-refractivity contribution in [2.45, 2.75) is 0 Å². The van der Waals surface area contributed by atoms with Gasteiger partial charge in [-0.3, -0.25) is 14.9 Å². The molecule has 0 aromatic heterocycles. The quantitative estimate of drug-likeness (QED) is 0.391. The Bertz CT molecular complexity index is 943. The highest BCUT2D eigenvalue weighted by Crippen LogP contribution is 2.34. The summed E-state index contributed by atoms with van der Waals surface area (Å²) < 4.78 is 0.859. The number of nitrogens with zero attached hydrogens (tertiary/aromatic N) is 1. The number of hydrogen-bond acceptors (Lipinski definition) is 3. The zero-order chi connectivity index (χ0) is 18.1. The molecule has 1 aliphatic heterocycles. The summed E-state index contributed by atoms with van der Waals surface area (Å²) in [5.41, 5.74) is 0.630. The Morgan fingerprint density at radius 2 is 1.72 bits per heavy atom. The molecule has 1 heterocycles. The molecule has 4 amide bonds. The normalized spacial score (nSPS) is 16.4. The van der Waals surface area contributed by atoms with E-state index in [1.165, 1.54) is 18.2 Å². The van der Waals surface area contributed by atoms with E-state index in [1.54, 1.807) is 18.2 Å². The van der Waals surface area contributed by atoms with Crippen molar-refractivity contribution >= 4 is 75.4 Å². The van der Waals surface area contributed by atoms with Crippen molar-refractivity contribution in [2.75, 3.05) is 4.90 Å². The van der Waals surface area contributed by atoms with Crippen LogP contribution < -0.4 is 10.2 Å². The SMILES string of the molecule is O=C1NC(=O)N(c2cccc(Cl)c2Cl)C(=O)/C1=C/c1ccccc1I. The molecule has 0 aliphatic carbocycles. The van der Waals surface area contributed by atoms with Crippen molar-refractivity contribution in [3.63, 3.8) is 0 Å². The van der Waals surface area contributed by atoms with E-state index in [2.05, 4.69) is 27.9 Å². The van der Waals surface area contributed by atoms with E-state index in [4.69, 9.17) is 23.2 Å². The van der Waals surface area contributed by atoms with Gasteiger partial charge in [0.2, 0.25) is 0 Å². The van der Waals surface area contributed by atoms with Gasteiger partial charge in [-0.2, -0.15) is 0 Å².